The number of hydrogen-bond acceptors (Lipinski definition) is 6. The summed E-state index contributed by atoms with van der Waals surface area (Å²) in [5, 5.41) is 2.99. The van der Waals surface area contributed by atoms with Crippen LogP contribution in [-0.2, 0) is 11.3 Å². The number of carbonyl (C=O) groups is 2. The van der Waals surface area contributed by atoms with E-state index in [0.717, 1.165) is 62.3 Å². The smallest absolute Gasteiger partial charge is 0.255 e. The third-order valence-corrected chi connectivity index (χ3v) is 6.27. The van der Waals surface area contributed by atoms with E-state index in [2.05, 4.69) is 20.2 Å². The highest BCUT2D eigenvalue weighted by atomic mass is 16.5. The van der Waals surface area contributed by atoms with Gasteiger partial charge in [0.1, 0.15) is 11.6 Å². The van der Waals surface area contributed by atoms with Crippen LogP contribution in [0.2, 0.25) is 0 Å². The van der Waals surface area contributed by atoms with Gasteiger partial charge < -0.3 is 15.0 Å². The van der Waals surface area contributed by atoms with Gasteiger partial charge in [-0.15, -0.1) is 0 Å². The van der Waals surface area contributed by atoms with Crippen LogP contribution < -0.4 is 10.1 Å². The van der Waals surface area contributed by atoms with Gasteiger partial charge in [-0.3, -0.25) is 14.5 Å². The first-order chi connectivity index (χ1) is 15.5. The molecule has 0 aliphatic carbocycles. The SMILES string of the molecule is COc1ccc(CNC(=O)c2cnc(C)nc2[C@H]2CCCCN2CC(=O)N2CCC2)cc1. The van der Waals surface area contributed by atoms with Gasteiger partial charge in [0.25, 0.3) is 5.91 Å². The Morgan fingerprint density at radius 3 is 2.59 bits per heavy atom. The number of benzene rings is 1. The first-order valence-electron chi connectivity index (χ1n) is 11.3. The number of hydrogen-bond donors (Lipinski definition) is 1. The highest BCUT2D eigenvalue weighted by Crippen LogP contribution is 2.32. The molecule has 8 nitrogen and oxygen atoms in total. The number of nitrogens with zero attached hydrogens (tertiary/aromatic N) is 4. The second-order valence-corrected chi connectivity index (χ2v) is 8.46. The zero-order chi connectivity index (χ0) is 22.5. The van der Waals surface area contributed by atoms with E-state index in [0.29, 0.717) is 24.5 Å². The molecule has 2 aromatic rings. The van der Waals surface area contributed by atoms with Gasteiger partial charge in [-0.05, 0) is 50.4 Å². The Morgan fingerprint density at radius 2 is 1.91 bits per heavy atom. The van der Waals surface area contributed by atoms with Crippen LogP contribution in [0, 0.1) is 6.92 Å². The van der Waals surface area contributed by atoms with Crippen molar-refractivity contribution in [2.45, 2.75) is 45.2 Å². The molecule has 1 aromatic carbocycles. The molecule has 4 rings (SSSR count). The van der Waals surface area contributed by atoms with Crippen molar-refractivity contribution in [3.63, 3.8) is 0 Å². The third-order valence-electron chi connectivity index (χ3n) is 6.27. The molecular weight excluding hydrogens is 406 g/mol. The number of carbonyl (C=O) groups excluding carboxylic acids is 2. The lowest BCUT2D eigenvalue weighted by atomic mass is 9.96. The van der Waals surface area contributed by atoms with Crippen LogP contribution in [0.3, 0.4) is 0 Å². The zero-order valence-electron chi connectivity index (χ0n) is 18.8. The Bertz CT molecular complexity index is 959. The quantitative estimate of drug-likeness (QED) is 0.716. The van der Waals surface area contributed by atoms with Crippen molar-refractivity contribution >= 4 is 11.8 Å². The molecule has 32 heavy (non-hydrogen) atoms. The zero-order valence-corrected chi connectivity index (χ0v) is 18.8. The lowest BCUT2D eigenvalue weighted by molar-refractivity contribution is -0.136. The van der Waals surface area contributed by atoms with E-state index in [1.54, 1.807) is 13.3 Å². The van der Waals surface area contributed by atoms with E-state index in [9.17, 15) is 9.59 Å². The van der Waals surface area contributed by atoms with Crippen molar-refractivity contribution in [3.05, 3.63) is 53.1 Å². The van der Waals surface area contributed by atoms with E-state index in [4.69, 9.17) is 4.74 Å². The standard InChI is InChI=1S/C24H31N5O3/c1-17-25-15-20(24(31)26-14-18-7-9-19(32-2)10-8-18)23(27-17)21-6-3-4-11-29(21)16-22(30)28-12-5-13-28/h7-10,15,21H,3-6,11-14,16H2,1-2H3,(H,26,31)/t21-/m1/s1. The number of likely N-dealkylation sites (tertiary alicyclic amines) is 2. The van der Waals surface area contributed by atoms with Crippen molar-refractivity contribution in [2.75, 3.05) is 33.3 Å². The average molecular weight is 438 g/mol. The first-order valence-corrected chi connectivity index (χ1v) is 11.3. The topological polar surface area (TPSA) is 87.7 Å². The van der Waals surface area contributed by atoms with Gasteiger partial charge in [-0.25, -0.2) is 9.97 Å². The summed E-state index contributed by atoms with van der Waals surface area (Å²) >= 11 is 0. The molecule has 2 fully saturated rings. The van der Waals surface area contributed by atoms with E-state index in [-0.39, 0.29) is 17.9 Å². The third kappa shape index (κ3) is 5.07. The predicted molar refractivity (Wildman–Crippen MR) is 120 cm³/mol. The molecule has 0 unspecified atom stereocenters. The molecule has 1 N–H and O–H groups in total. The second-order valence-electron chi connectivity index (χ2n) is 8.46. The summed E-state index contributed by atoms with van der Waals surface area (Å²) in [5.74, 6) is 1.38. The molecule has 2 saturated heterocycles. The molecular formula is C24H31N5O3. The van der Waals surface area contributed by atoms with E-state index in [1.807, 2.05) is 36.1 Å². The number of rotatable bonds is 7. The Kier molecular flexibility index (Phi) is 6.99. The maximum absolute atomic E-state index is 13.1. The highest BCUT2D eigenvalue weighted by molar-refractivity contribution is 5.95. The fraction of sp³-hybridized carbons (Fsp3) is 0.500. The van der Waals surface area contributed by atoms with Crippen LogP contribution in [0.15, 0.2) is 30.5 Å². The number of amides is 2. The maximum Gasteiger partial charge on any atom is 0.255 e. The van der Waals surface area contributed by atoms with Crippen molar-refractivity contribution < 1.29 is 14.3 Å². The van der Waals surface area contributed by atoms with E-state index in [1.165, 1.54) is 0 Å². The fourth-order valence-electron chi connectivity index (χ4n) is 4.27. The Balaban J connectivity index is 1.50. The summed E-state index contributed by atoms with van der Waals surface area (Å²) in [5.41, 5.74) is 2.19. The molecule has 0 radical (unpaired) electrons. The average Bonchev–Trinajstić information content (AvgIpc) is 2.77. The minimum atomic E-state index is -0.199. The number of aryl methyl sites for hydroxylation is 1. The molecule has 2 amide bonds. The van der Waals surface area contributed by atoms with Gasteiger partial charge >= 0.3 is 0 Å². The maximum atomic E-state index is 13.1. The number of piperidine rings is 1. The number of ether oxygens (including phenoxy) is 1. The normalized spacial score (nSPS) is 18.7. The van der Waals surface area contributed by atoms with Crippen molar-refractivity contribution in [1.82, 2.24) is 25.1 Å². The van der Waals surface area contributed by atoms with E-state index < -0.39 is 0 Å². The summed E-state index contributed by atoms with van der Waals surface area (Å²) in [4.78, 5) is 38.8. The lowest BCUT2D eigenvalue weighted by Crippen LogP contribution is -2.49. The Labute approximate surface area is 189 Å². The van der Waals surface area contributed by atoms with Crippen LogP contribution >= 0.6 is 0 Å². The van der Waals surface area contributed by atoms with Crippen LogP contribution in [-0.4, -0.2) is 64.9 Å². The molecule has 170 valence electrons. The minimum absolute atomic E-state index is 0.0580. The molecule has 8 heteroatoms. The first kappa shape index (κ1) is 22.2. The van der Waals surface area contributed by atoms with Gasteiger partial charge in [-0.1, -0.05) is 18.6 Å². The Hall–Kier alpha value is -3.00. The van der Waals surface area contributed by atoms with Crippen LogP contribution in [0.25, 0.3) is 0 Å². The Morgan fingerprint density at radius 1 is 1.12 bits per heavy atom. The van der Waals surface area contributed by atoms with Gasteiger partial charge in [-0.2, -0.15) is 0 Å². The molecule has 3 heterocycles. The summed E-state index contributed by atoms with van der Waals surface area (Å²) in [6.07, 6.45) is 5.67. The molecule has 2 aliphatic heterocycles. The lowest BCUT2D eigenvalue weighted by Gasteiger charge is -2.38. The van der Waals surface area contributed by atoms with Crippen LogP contribution in [0.5, 0.6) is 5.75 Å². The van der Waals surface area contributed by atoms with Crippen LogP contribution in [0.4, 0.5) is 0 Å². The van der Waals surface area contributed by atoms with Gasteiger partial charge in [0, 0.05) is 25.8 Å². The van der Waals surface area contributed by atoms with Crippen LogP contribution in [0.1, 0.15) is 59.2 Å². The number of methoxy groups -OCH3 is 1. The fourth-order valence-corrected chi connectivity index (χ4v) is 4.27. The summed E-state index contributed by atoms with van der Waals surface area (Å²) in [6, 6.07) is 7.54. The van der Waals surface area contributed by atoms with Crippen molar-refractivity contribution in [2.24, 2.45) is 0 Å². The minimum Gasteiger partial charge on any atom is -0.497 e. The molecule has 2 aliphatic rings. The van der Waals surface area contributed by atoms with Crippen molar-refractivity contribution in [1.29, 1.82) is 0 Å². The molecule has 1 aromatic heterocycles. The van der Waals surface area contributed by atoms with Gasteiger partial charge in [0.2, 0.25) is 5.91 Å². The number of aromatic nitrogens is 2. The monoisotopic (exact) mass is 437 g/mol. The van der Waals surface area contributed by atoms with E-state index >= 15 is 0 Å². The predicted octanol–water partition coefficient (Wildman–Crippen LogP) is 2.48. The molecule has 0 saturated carbocycles. The molecule has 0 bridgehead atoms. The highest BCUT2D eigenvalue weighted by Gasteiger charge is 2.32. The molecule has 1 atom stereocenters. The van der Waals surface area contributed by atoms with Gasteiger partial charge in [0.15, 0.2) is 0 Å². The number of nitrogens with one attached hydrogen (secondary N) is 1. The largest absolute Gasteiger partial charge is 0.497 e. The summed E-state index contributed by atoms with van der Waals surface area (Å²) in [6.45, 7) is 5.14. The summed E-state index contributed by atoms with van der Waals surface area (Å²) < 4.78 is 5.19. The molecule has 0 spiro atoms. The second kappa shape index (κ2) is 10.1. The summed E-state index contributed by atoms with van der Waals surface area (Å²) in [7, 11) is 1.63. The van der Waals surface area contributed by atoms with Crippen molar-refractivity contribution in [3.8, 4) is 5.75 Å². The van der Waals surface area contributed by atoms with Gasteiger partial charge in [0.05, 0.1) is 31.0 Å².